The van der Waals surface area contributed by atoms with Gasteiger partial charge >= 0.3 is 0 Å². The highest BCUT2D eigenvalue weighted by atomic mass is 32.1. The summed E-state index contributed by atoms with van der Waals surface area (Å²) in [7, 11) is 0. The molecule has 0 N–H and O–H groups in total. The van der Waals surface area contributed by atoms with E-state index in [1.807, 2.05) is 0 Å². The van der Waals surface area contributed by atoms with Crippen LogP contribution in [0.4, 0.5) is 34.1 Å². The number of anilines is 6. The Labute approximate surface area is 422 Å². The zero-order chi connectivity index (χ0) is 48.0. The largest absolute Gasteiger partial charge is 0.311 e. The Morgan fingerprint density at radius 2 is 0.958 bits per heavy atom. The third-order valence-electron chi connectivity index (χ3n) is 16.0. The number of fused-ring (bicyclic) bond motifs is 15. The number of hydrogen-bond acceptors (Lipinski definition) is 3. The van der Waals surface area contributed by atoms with Gasteiger partial charge in [-0.3, -0.25) is 0 Å². The van der Waals surface area contributed by atoms with E-state index in [4.69, 9.17) is 0 Å². The molecule has 71 heavy (non-hydrogen) atoms. The van der Waals surface area contributed by atoms with Crippen LogP contribution in [0, 0.1) is 0 Å². The van der Waals surface area contributed by atoms with Crippen LogP contribution >= 0.6 is 11.3 Å². The summed E-state index contributed by atoms with van der Waals surface area (Å²) in [5, 5.41) is 0. The van der Waals surface area contributed by atoms with E-state index in [1.165, 1.54) is 121 Å². The second-order valence-electron chi connectivity index (χ2n) is 22.0. The number of benzene rings is 9. The molecule has 1 spiro atoms. The van der Waals surface area contributed by atoms with E-state index < -0.39 is 5.41 Å². The number of para-hydroxylation sites is 1. The van der Waals surface area contributed by atoms with E-state index in [-0.39, 0.29) is 17.5 Å². The topological polar surface area (TPSA) is 6.48 Å². The maximum atomic E-state index is 2.64. The highest BCUT2D eigenvalue weighted by Crippen LogP contribution is 2.67. The highest BCUT2D eigenvalue weighted by Gasteiger charge is 2.56. The number of hydrogen-bond donors (Lipinski definition) is 0. The van der Waals surface area contributed by atoms with Crippen molar-refractivity contribution in [1.29, 1.82) is 0 Å². The molecule has 2 aliphatic carbocycles. The molecule has 14 rings (SSSR count). The van der Waals surface area contributed by atoms with Crippen molar-refractivity contribution in [3.63, 3.8) is 0 Å². The van der Waals surface area contributed by atoms with Crippen molar-refractivity contribution in [2.75, 3.05) is 9.80 Å². The van der Waals surface area contributed by atoms with Gasteiger partial charge in [0, 0.05) is 43.7 Å². The molecule has 2 aliphatic heterocycles. The van der Waals surface area contributed by atoms with Crippen molar-refractivity contribution in [2.45, 2.75) is 57.8 Å². The average Bonchev–Trinajstić information content (AvgIpc) is 4.03. The molecule has 4 aliphatic rings. The normalized spacial score (nSPS) is 14.4. The molecule has 4 heteroatoms. The van der Waals surface area contributed by atoms with Crippen molar-refractivity contribution >= 4 is 67.9 Å². The van der Waals surface area contributed by atoms with Crippen LogP contribution in [0.2, 0.25) is 0 Å². The summed E-state index contributed by atoms with van der Waals surface area (Å²) in [6, 6.07) is 80.7. The average molecular weight is 929 g/mol. The predicted molar refractivity (Wildman–Crippen MR) is 303 cm³/mol. The molecule has 1 aromatic heterocycles. The molecular formula is C67H53BN2S. The summed E-state index contributed by atoms with van der Waals surface area (Å²) < 4.78 is 1.40. The smallest absolute Gasteiger partial charge is 0.264 e. The van der Waals surface area contributed by atoms with Gasteiger partial charge in [-0.05, 0) is 131 Å². The summed E-state index contributed by atoms with van der Waals surface area (Å²) in [5.74, 6) is 0. The summed E-state index contributed by atoms with van der Waals surface area (Å²) in [4.78, 5) is 6.61. The Hall–Kier alpha value is -7.66. The molecule has 3 heterocycles. The molecule has 340 valence electrons. The molecule has 0 unspecified atom stereocenters. The van der Waals surface area contributed by atoms with Crippen molar-refractivity contribution < 1.29 is 0 Å². The van der Waals surface area contributed by atoms with E-state index >= 15 is 0 Å². The Kier molecular flexibility index (Phi) is 9.03. The highest BCUT2D eigenvalue weighted by molar-refractivity contribution is 7.30. The van der Waals surface area contributed by atoms with E-state index in [1.54, 1.807) is 0 Å². The van der Waals surface area contributed by atoms with Crippen LogP contribution in [0.1, 0.15) is 74.2 Å². The molecule has 0 saturated carbocycles. The van der Waals surface area contributed by atoms with Crippen molar-refractivity contribution in [3.8, 4) is 44.5 Å². The van der Waals surface area contributed by atoms with Crippen LogP contribution in [0.5, 0.6) is 0 Å². The molecule has 0 radical (unpaired) electrons. The Bertz CT molecular complexity index is 3750. The fourth-order valence-electron chi connectivity index (χ4n) is 12.7. The second-order valence-corrected chi connectivity index (χ2v) is 23.1. The van der Waals surface area contributed by atoms with E-state index in [2.05, 4.69) is 275 Å². The van der Waals surface area contributed by atoms with Crippen LogP contribution in [-0.4, -0.2) is 6.71 Å². The zero-order valence-corrected chi connectivity index (χ0v) is 41.9. The lowest BCUT2D eigenvalue weighted by Gasteiger charge is -2.43. The second kappa shape index (κ2) is 15.2. The van der Waals surface area contributed by atoms with Gasteiger partial charge in [0.15, 0.2) is 0 Å². The van der Waals surface area contributed by atoms with Crippen LogP contribution in [-0.2, 0) is 16.2 Å². The van der Waals surface area contributed by atoms with Crippen molar-refractivity contribution in [3.05, 3.63) is 245 Å². The van der Waals surface area contributed by atoms with Gasteiger partial charge in [0.25, 0.3) is 6.71 Å². The van der Waals surface area contributed by atoms with Crippen LogP contribution < -0.4 is 25.5 Å². The summed E-state index contributed by atoms with van der Waals surface area (Å²) >= 11 is 2.05. The monoisotopic (exact) mass is 928 g/mol. The van der Waals surface area contributed by atoms with Gasteiger partial charge in [0.2, 0.25) is 0 Å². The Morgan fingerprint density at radius 1 is 0.408 bits per heavy atom. The Morgan fingerprint density at radius 3 is 1.61 bits per heavy atom. The van der Waals surface area contributed by atoms with Crippen LogP contribution in [0.15, 0.2) is 212 Å². The molecular weight excluding hydrogens is 876 g/mol. The first-order valence-electron chi connectivity index (χ1n) is 25.2. The van der Waals surface area contributed by atoms with Crippen molar-refractivity contribution in [1.82, 2.24) is 0 Å². The van der Waals surface area contributed by atoms with Gasteiger partial charge < -0.3 is 9.80 Å². The molecule has 0 amide bonds. The first kappa shape index (κ1) is 42.2. The van der Waals surface area contributed by atoms with Gasteiger partial charge in [-0.1, -0.05) is 211 Å². The summed E-state index contributed by atoms with van der Waals surface area (Å²) in [6.45, 7) is 13.9. The minimum atomic E-state index is -0.457. The first-order valence-corrected chi connectivity index (χ1v) is 26.0. The van der Waals surface area contributed by atoms with Gasteiger partial charge in [-0.15, -0.1) is 11.3 Å². The zero-order valence-electron chi connectivity index (χ0n) is 41.1. The third kappa shape index (κ3) is 5.95. The molecule has 0 atom stereocenters. The molecule has 0 saturated heterocycles. The number of nitrogens with zero attached hydrogens (tertiary/aromatic N) is 2. The fourth-order valence-corrected chi connectivity index (χ4v) is 14.4. The lowest BCUT2D eigenvalue weighted by Crippen LogP contribution is -2.60. The third-order valence-corrected chi connectivity index (χ3v) is 17.4. The van der Waals surface area contributed by atoms with Gasteiger partial charge in [0.1, 0.15) is 0 Å². The maximum absolute atomic E-state index is 2.64. The molecule has 0 fully saturated rings. The lowest BCUT2D eigenvalue weighted by atomic mass is 9.36. The van der Waals surface area contributed by atoms with Gasteiger partial charge in [-0.25, -0.2) is 0 Å². The lowest BCUT2D eigenvalue weighted by molar-refractivity contribution is 0.590. The van der Waals surface area contributed by atoms with E-state index in [0.717, 1.165) is 5.69 Å². The summed E-state index contributed by atoms with van der Waals surface area (Å²) in [6.07, 6.45) is 0. The van der Waals surface area contributed by atoms with E-state index in [0.29, 0.717) is 0 Å². The Balaban J connectivity index is 1.09. The van der Waals surface area contributed by atoms with E-state index in [9.17, 15) is 0 Å². The van der Waals surface area contributed by atoms with Crippen LogP contribution in [0.25, 0.3) is 44.5 Å². The minimum Gasteiger partial charge on any atom is -0.311 e. The molecule has 2 nitrogen and oxygen atoms in total. The van der Waals surface area contributed by atoms with Gasteiger partial charge in [-0.2, -0.15) is 0 Å². The molecule has 10 aromatic rings. The standard InChI is InChI=1S/C67H53BN2S/c1-65(2,3)44-33-36-47(37-34-44)70-58-31-19-30-57-61(58)68(64-62(70)60-51-26-15-18-29-55(51)67(63(60)71-64)53-27-16-13-24-49(53)50-25-14-17-28-54(50)67)56-39-32-43(40-59(56)69(57)46-22-11-8-12-23-46)52-41-45(66(4,5)6)35-38-48(52)42-20-9-7-10-21-42/h7-41H,1-6H3. The maximum Gasteiger partial charge on any atom is 0.264 e. The quantitative estimate of drug-likeness (QED) is 0.162. The fraction of sp³-hybridized carbons (Fsp3) is 0.134. The van der Waals surface area contributed by atoms with Crippen LogP contribution in [0.3, 0.4) is 0 Å². The first-order chi connectivity index (χ1) is 34.5. The SMILES string of the molecule is CC(C)(C)c1ccc(N2c3cccc4c3B(c3ccc(-c5cc(C(C)(C)C)ccc5-c5ccccc5)cc3N4c3ccccc3)c3sc4c(c32)-c2ccccc2C42c3ccccc3-c3ccccc32)cc1. The molecule has 0 bridgehead atoms. The minimum absolute atomic E-state index is 0.0169. The number of thiophene rings is 1. The molecule has 9 aromatic carbocycles. The van der Waals surface area contributed by atoms with Crippen molar-refractivity contribution in [2.24, 2.45) is 0 Å². The predicted octanol–water partition coefficient (Wildman–Crippen LogP) is 16.1. The summed E-state index contributed by atoms with van der Waals surface area (Å²) in [5.41, 5.74) is 26.6. The van der Waals surface area contributed by atoms with Gasteiger partial charge in [0.05, 0.1) is 11.1 Å². The number of rotatable bonds is 4.